The number of nitrogen functional groups attached to an aromatic ring is 1. The van der Waals surface area contributed by atoms with Gasteiger partial charge in [0.05, 0.1) is 20.9 Å². The van der Waals surface area contributed by atoms with E-state index in [1.165, 1.54) is 6.33 Å². The molecule has 0 radical (unpaired) electrons. The molecule has 0 unspecified atom stereocenters. The first-order valence-corrected chi connectivity index (χ1v) is 8.42. The van der Waals surface area contributed by atoms with Gasteiger partial charge >= 0.3 is 0 Å². The predicted octanol–water partition coefficient (Wildman–Crippen LogP) is 4.15. The topological polar surface area (TPSA) is 94.5 Å². The molecule has 26 heavy (non-hydrogen) atoms. The fourth-order valence-electron chi connectivity index (χ4n) is 2.61. The summed E-state index contributed by atoms with van der Waals surface area (Å²) in [5, 5.41) is 9.36. The third-order valence-electron chi connectivity index (χ3n) is 3.75. The average molecular weight is 386 g/mol. The first-order valence-electron chi connectivity index (χ1n) is 7.66. The van der Waals surface area contributed by atoms with Gasteiger partial charge in [0.1, 0.15) is 23.7 Å². The van der Waals surface area contributed by atoms with Crippen molar-refractivity contribution in [3.05, 3.63) is 58.7 Å². The molecule has 0 fully saturated rings. The zero-order valence-corrected chi connectivity index (χ0v) is 15.1. The van der Waals surface area contributed by atoms with Crippen LogP contribution in [0, 0.1) is 6.92 Å². The number of nitrogens with one attached hydrogen (secondary N) is 1. The first kappa shape index (κ1) is 16.6. The lowest BCUT2D eigenvalue weighted by atomic mass is 10.3. The van der Waals surface area contributed by atoms with Gasteiger partial charge in [0, 0.05) is 29.8 Å². The van der Waals surface area contributed by atoms with Crippen molar-refractivity contribution in [1.82, 2.24) is 24.7 Å². The Kier molecular flexibility index (Phi) is 4.10. The van der Waals surface area contributed by atoms with E-state index in [2.05, 4.69) is 25.4 Å². The highest BCUT2D eigenvalue weighted by Gasteiger charge is 2.14. The van der Waals surface area contributed by atoms with Crippen molar-refractivity contribution in [3.63, 3.8) is 0 Å². The molecule has 3 aromatic heterocycles. The highest BCUT2D eigenvalue weighted by atomic mass is 35.5. The lowest BCUT2D eigenvalue weighted by Crippen LogP contribution is -1.98. The summed E-state index contributed by atoms with van der Waals surface area (Å²) >= 11 is 12.6. The van der Waals surface area contributed by atoms with Crippen LogP contribution < -0.4 is 11.1 Å². The Morgan fingerprint density at radius 3 is 2.58 bits per heavy atom. The molecule has 130 valence electrons. The second-order valence-corrected chi connectivity index (χ2v) is 6.48. The summed E-state index contributed by atoms with van der Waals surface area (Å²) in [5.74, 6) is 1.27. The van der Waals surface area contributed by atoms with Crippen LogP contribution in [0.1, 0.15) is 5.69 Å². The highest BCUT2D eigenvalue weighted by molar-refractivity contribution is 6.38. The van der Waals surface area contributed by atoms with E-state index in [9.17, 15) is 0 Å². The third-order valence-corrected chi connectivity index (χ3v) is 4.33. The molecule has 0 bridgehead atoms. The Morgan fingerprint density at radius 2 is 1.85 bits per heavy atom. The van der Waals surface area contributed by atoms with Crippen LogP contribution in [0.4, 0.5) is 17.3 Å². The summed E-state index contributed by atoms with van der Waals surface area (Å²) < 4.78 is 1.62. The Morgan fingerprint density at radius 1 is 1.08 bits per heavy atom. The van der Waals surface area contributed by atoms with Crippen molar-refractivity contribution in [2.45, 2.75) is 6.92 Å². The number of aromatic nitrogens is 5. The minimum Gasteiger partial charge on any atom is -0.399 e. The van der Waals surface area contributed by atoms with Gasteiger partial charge in [-0.25, -0.2) is 19.6 Å². The standard InChI is InChI=1S/C17H13Cl2N7/c1-9-4-15(23-8-22-9)24-17-11-7-26(25-14(11)2-3-21-17)16-12(18)5-10(20)6-13(16)19/h2-8H,20H2,1H3,(H,21,22,23,24). The van der Waals surface area contributed by atoms with Gasteiger partial charge in [-0.1, -0.05) is 23.2 Å². The maximum absolute atomic E-state index is 6.31. The van der Waals surface area contributed by atoms with Crippen LogP contribution in [0.2, 0.25) is 10.0 Å². The number of pyridine rings is 1. The third kappa shape index (κ3) is 3.02. The Labute approximate surface area is 158 Å². The largest absolute Gasteiger partial charge is 0.399 e. The van der Waals surface area contributed by atoms with E-state index in [1.807, 2.05) is 19.2 Å². The smallest absolute Gasteiger partial charge is 0.142 e. The molecule has 7 nitrogen and oxygen atoms in total. The molecule has 0 spiro atoms. The molecule has 0 aliphatic heterocycles. The summed E-state index contributed by atoms with van der Waals surface area (Å²) in [7, 11) is 0. The van der Waals surface area contributed by atoms with Crippen LogP contribution in [0.5, 0.6) is 0 Å². The Hall–Kier alpha value is -2.90. The van der Waals surface area contributed by atoms with Crippen LogP contribution >= 0.6 is 23.2 Å². The minimum absolute atomic E-state index is 0.414. The molecule has 3 heterocycles. The molecule has 9 heteroatoms. The van der Waals surface area contributed by atoms with Gasteiger partial charge in [-0.05, 0) is 25.1 Å². The predicted molar refractivity (Wildman–Crippen MR) is 103 cm³/mol. The van der Waals surface area contributed by atoms with E-state index >= 15 is 0 Å². The molecule has 0 amide bonds. The molecule has 0 saturated heterocycles. The molecule has 0 aliphatic carbocycles. The van der Waals surface area contributed by atoms with Gasteiger partial charge in [-0.2, -0.15) is 5.10 Å². The number of halogens is 2. The minimum atomic E-state index is 0.414. The van der Waals surface area contributed by atoms with E-state index in [0.717, 1.165) is 16.6 Å². The summed E-state index contributed by atoms with van der Waals surface area (Å²) in [5.41, 5.74) is 8.41. The molecule has 0 atom stereocenters. The molecule has 0 saturated carbocycles. The molecular weight excluding hydrogens is 373 g/mol. The summed E-state index contributed by atoms with van der Waals surface area (Å²) in [6.07, 6.45) is 4.97. The van der Waals surface area contributed by atoms with Gasteiger partial charge < -0.3 is 11.1 Å². The van der Waals surface area contributed by atoms with E-state index in [-0.39, 0.29) is 0 Å². The van der Waals surface area contributed by atoms with Gasteiger partial charge in [0.2, 0.25) is 0 Å². The highest BCUT2D eigenvalue weighted by Crippen LogP contribution is 2.33. The first-order chi connectivity index (χ1) is 12.5. The van der Waals surface area contributed by atoms with Crippen LogP contribution in [0.25, 0.3) is 16.6 Å². The lowest BCUT2D eigenvalue weighted by molar-refractivity contribution is 0.897. The number of rotatable bonds is 3. The summed E-state index contributed by atoms with van der Waals surface area (Å²) in [6, 6.07) is 6.91. The van der Waals surface area contributed by atoms with E-state index in [4.69, 9.17) is 28.9 Å². The van der Waals surface area contributed by atoms with Gasteiger partial charge in [0.25, 0.3) is 0 Å². The lowest BCUT2D eigenvalue weighted by Gasteiger charge is -2.07. The summed E-state index contributed by atoms with van der Waals surface area (Å²) in [6.45, 7) is 1.89. The number of benzene rings is 1. The molecule has 3 N–H and O–H groups in total. The van der Waals surface area contributed by atoms with Crippen molar-refractivity contribution in [1.29, 1.82) is 0 Å². The van der Waals surface area contributed by atoms with Crippen molar-refractivity contribution in [2.75, 3.05) is 11.1 Å². The number of nitrogens with two attached hydrogens (primary N) is 1. The van der Waals surface area contributed by atoms with Crippen LogP contribution in [-0.2, 0) is 0 Å². The maximum Gasteiger partial charge on any atom is 0.142 e. The fraction of sp³-hybridized carbons (Fsp3) is 0.0588. The molecular formula is C17H13Cl2N7. The number of hydrogen-bond acceptors (Lipinski definition) is 6. The number of fused-ring (bicyclic) bond motifs is 1. The number of nitrogens with zero attached hydrogens (tertiary/aromatic N) is 5. The average Bonchev–Trinajstić information content (AvgIpc) is 2.98. The number of aryl methyl sites for hydroxylation is 1. The van der Waals surface area contributed by atoms with Gasteiger partial charge in [-0.15, -0.1) is 0 Å². The summed E-state index contributed by atoms with van der Waals surface area (Å²) in [4.78, 5) is 12.7. The molecule has 4 rings (SSSR count). The van der Waals surface area contributed by atoms with E-state index in [0.29, 0.717) is 33.1 Å². The monoisotopic (exact) mass is 385 g/mol. The Bertz CT molecular complexity index is 1100. The van der Waals surface area contributed by atoms with Crippen LogP contribution in [-0.4, -0.2) is 24.7 Å². The van der Waals surface area contributed by atoms with E-state index in [1.54, 1.807) is 29.1 Å². The number of hydrogen-bond donors (Lipinski definition) is 2. The zero-order chi connectivity index (χ0) is 18.3. The van der Waals surface area contributed by atoms with E-state index < -0.39 is 0 Å². The second kappa shape index (κ2) is 6.44. The van der Waals surface area contributed by atoms with Crippen molar-refractivity contribution in [2.24, 2.45) is 0 Å². The van der Waals surface area contributed by atoms with Gasteiger partial charge in [-0.3, -0.25) is 0 Å². The number of anilines is 3. The van der Waals surface area contributed by atoms with Crippen molar-refractivity contribution in [3.8, 4) is 5.69 Å². The maximum atomic E-state index is 6.31. The second-order valence-electron chi connectivity index (χ2n) is 5.67. The van der Waals surface area contributed by atoms with Crippen LogP contribution in [0.15, 0.2) is 43.0 Å². The van der Waals surface area contributed by atoms with Crippen LogP contribution in [0.3, 0.4) is 0 Å². The Balaban J connectivity index is 1.81. The molecule has 4 aromatic rings. The quantitative estimate of drug-likeness (QED) is 0.514. The van der Waals surface area contributed by atoms with Crippen molar-refractivity contribution < 1.29 is 0 Å². The molecule has 1 aromatic carbocycles. The van der Waals surface area contributed by atoms with Gasteiger partial charge in [0.15, 0.2) is 0 Å². The van der Waals surface area contributed by atoms with Crippen molar-refractivity contribution >= 4 is 51.4 Å². The molecule has 0 aliphatic rings. The normalized spacial score (nSPS) is 11.0. The fourth-order valence-corrected chi connectivity index (χ4v) is 3.28. The SMILES string of the molecule is Cc1cc(Nc2nccc3nn(-c4c(Cl)cc(N)cc4Cl)cc23)ncn1. The zero-order valence-electron chi connectivity index (χ0n) is 13.6.